The second-order valence-electron chi connectivity index (χ2n) is 6.09. The van der Waals surface area contributed by atoms with E-state index in [9.17, 15) is 9.59 Å². The topological polar surface area (TPSA) is 81.7 Å². The summed E-state index contributed by atoms with van der Waals surface area (Å²) < 4.78 is 0. The Morgan fingerprint density at radius 3 is 2.43 bits per heavy atom. The van der Waals surface area contributed by atoms with Crippen LogP contribution in [0.3, 0.4) is 0 Å². The van der Waals surface area contributed by atoms with E-state index < -0.39 is 5.54 Å². The van der Waals surface area contributed by atoms with Crippen molar-refractivity contribution >= 4 is 11.8 Å². The van der Waals surface area contributed by atoms with Gasteiger partial charge in [0.05, 0.1) is 5.54 Å². The molecule has 0 bridgehead atoms. The van der Waals surface area contributed by atoms with Crippen molar-refractivity contribution < 1.29 is 14.7 Å². The number of aliphatic hydroxyl groups excluding tert-OH is 1. The van der Waals surface area contributed by atoms with Crippen molar-refractivity contribution in [3.05, 3.63) is 0 Å². The van der Waals surface area contributed by atoms with Crippen LogP contribution in [0.5, 0.6) is 0 Å². The molecule has 1 aliphatic rings. The van der Waals surface area contributed by atoms with Crippen LogP contribution in [0.2, 0.25) is 0 Å². The minimum atomic E-state index is -0.551. The fraction of sp³-hybridized carbons (Fsp3) is 0.867. The maximum atomic E-state index is 12.4. The summed E-state index contributed by atoms with van der Waals surface area (Å²) in [5.74, 6) is 0.125. The number of nitrogens with zero attached hydrogens (tertiary/aromatic N) is 1. The van der Waals surface area contributed by atoms with Gasteiger partial charge in [0, 0.05) is 32.2 Å². The lowest BCUT2D eigenvalue weighted by Gasteiger charge is -2.36. The van der Waals surface area contributed by atoms with Crippen LogP contribution in [0.25, 0.3) is 0 Å². The van der Waals surface area contributed by atoms with E-state index in [0.717, 1.165) is 6.54 Å². The zero-order valence-corrected chi connectivity index (χ0v) is 13.4. The van der Waals surface area contributed by atoms with Gasteiger partial charge in [-0.25, -0.2) is 0 Å². The van der Waals surface area contributed by atoms with Crippen molar-refractivity contribution in [2.24, 2.45) is 5.92 Å². The van der Waals surface area contributed by atoms with Crippen LogP contribution in [0.1, 0.15) is 40.0 Å². The standard InChI is InChI=1S/C15H29N3O3/c1-4-17-15(2,3)14(21)18-9-6-12(7-10-18)13(20)16-8-5-11-19/h12,17,19H,4-11H2,1-3H3,(H,16,20). The number of likely N-dealkylation sites (tertiary alicyclic amines) is 1. The highest BCUT2D eigenvalue weighted by atomic mass is 16.3. The van der Waals surface area contributed by atoms with Crippen molar-refractivity contribution in [2.75, 3.05) is 32.8 Å². The van der Waals surface area contributed by atoms with E-state index in [-0.39, 0.29) is 24.3 Å². The number of carbonyl (C=O) groups is 2. The van der Waals surface area contributed by atoms with Gasteiger partial charge in [0.25, 0.3) is 0 Å². The number of aliphatic hydroxyl groups is 1. The molecule has 0 radical (unpaired) electrons. The Balaban J connectivity index is 2.41. The first-order valence-electron chi connectivity index (χ1n) is 7.85. The highest BCUT2D eigenvalue weighted by molar-refractivity contribution is 5.86. The zero-order valence-electron chi connectivity index (χ0n) is 13.4. The van der Waals surface area contributed by atoms with Gasteiger partial charge in [0.15, 0.2) is 0 Å². The summed E-state index contributed by atoms with van der Waals surface area (Å²) in [5, 5.41) is 14.7. The average Bonchev–Trinajstić information content (AvgIpc) is 2.46. The van der Waals surface area contributed by atoms with Gasteiger partial charge in [-0.05, 0) is 39.7 Å². The number of carbonyl (C=O) groups excluding carboxylic acids is 2. The van der Waals surface area contributed by atoms with Gasteiger partial charge in [0.2, 0.25) is 11.8 Å². The number of piperidine rings is 1. The number of hydrogen-bond acceptors (Lipinski definition) is 4. The van der Waals surface area contributed by atoms with Gasteiger partial charge < -0.3 is 20.6 Å². The molecule has 21 heavy (non-hydrogen) atoms. The highest BCUT2D eigenvalue weighted by Gasteiger charge is 2.34. The molecular weight excluding hydrogens is 270 g/mol. The summed E-state index contributed by atoms with van der Waals surface area (Å²) in [6.45, 7) is 8.39. The zero-order chi connectivity index (χ0) is 15.9. The first-order chi connectivity index (χ1) is 9.92. The molecule has 0 aliphatic carbocycles. The molecule has 6 heteroatoms. The van der Waals surface area contributed by atoms with Crippen molar-refractivity contribution in [3.63, 3.8) is 0 Å². The largest absolute Gasteiger partial charge is 0.396 e. The molecule has 0 aromatic heterocycles. The lowest BCUT2D eigenvalue weighted by molar-refractivity contribution is -0.140. The molecule has 0 saturated carbocycles. The van der Waals surface area contributed by atoms with E-state index in [2.05, 4.69) is 10.6 Å². The van der Waals surface area contributed by atoms with Crippen LogP contribution >= 0.6 is 0 Å². The van der Waals surface area contributed by atoms with Gasteiger partial charge in [-0.3, -0.25) is 9.59 Å². The third kappa shape index (κ3) is 5.28. The predicted octanol–water partition coefficient (Wildman–Crippen LogP) is 0.112. The number of likely N-dealkylation sites (N-methyl/N-ethyl adjacent to an activating group) is 1. The Morgan fingerprint density at radius 2 is 1.90 bits per heavy atom. The molecule has 0 aromatic carbocycles. The number of hydrogen-bond donors (Lipinski definition) is 3. The van der Waals surface area contributed by atoms with Gasteiger partial charge in [-0.15, -0.1) is 0 Å². The van der Waals surface area contributed by atoms with Crippen LogP contribution in [0.4, 0.5) is 0 Å². The van der Waals surface area contributed by atoms with Crippen LogP contribution in [0, 0.1) is 5.92 Å². The van der Waals surface area contributed by atoms with E-state index >= 15 is 0 Å². The fourth-order valence-corrected chi connectivity index (χ4v) is 2.69. The Bertz CT molecular complexity index is 350. The Morgan fingerprint density at radius 1 is 1.29 bits per heavy atom. The Hall–Kier alpha value is -1.14. The second kappa shape index (κ2) is 8.34. The Labute approximate surface area is 127 Å². The Kier molecular flexibility index (Phi) is 7.11. The summed E-state index contributed by atoms with van der Waals surface area (Å²) in [7, 11) is 0. The van der Waals surface area contributed by atoms with Crippen LogP contribution in [-0.2, 0) is 9.59 Å². The first kappa shape index (κ1) is 17.9. The van der Waals surface area contributed by atoms with E-state index in [1.54, 1.807) is 0 Å². The van der Waals surface area contributed by atoms with Gasteiger partial charge >= 0.3 is 0 Å². The SMILES string of the molecule is CCNC(C)(C)C(=O)N1CCC(C(=O)NCCCO)CC1. The van der Waals surface area contributed by atoms with E-state index in [1.807, 2.05) is 25.7 Å². The first-order valence-corrected chi connectivity index (χ1v) is 7.85. The average molecular weight is 299 g/mol. The quantitative estimate of drug-likeness (QED) is 0.583. The summed E-state index contributed by atoms with van der Waals surface area (Å²) >= 11 is 0. The van der Waals surface area contributed by atoms with E-state index in [4.69, 9.17) is 5.11 Å². The molecule has 0 spiro atoms. The van der Waals surface area contributed by atoms with E-state index in [1.165, 1.54) is 0 Å². The molecule has 0 atom stereocenters. The molecule has 0 aromatic rings. The van der Waals surface area contributed by atoms with Crippen molar-refractivity contribution in [1.29, 1.82) is 0 Å². The molecule has 1 fully saturated rings. The summed E-state index contributed by atoms with van der Waals surface area (Å²) in [6.07, 6.45) is 2.00. The monoisotopic (exact) mass is 299 g/mol. The predicted molar refractivity (Wildman–Crippen MR) is 81.8 cm³/mol. The molecule has 122 valence electrons. The fourth-order valence-electron chi connectivity index (χ4n) is 2.69. The molecule has 1 heterocycles. The van der Waals surface area contributed by atoms with Gasteiger partial charge in [-0.1, -0.05) is 6.92 Å². The maximum absolute atomic E-state index is 12.4. The van der Waals surface area contributed by atoms with Gasteiger partial charge in [-0.2, -0.15) is 0 Å². The summed E-state index contributed by atoms with van der Waals surface area (Å²) in [6, 6.07) is 0. The molecule has 6 nitrogen and oxygen atoms in total. The van der Waals surface area contributed by atoms with Crippen LogP contribution in [0.15, 0.2) is 0 Å². The van der Waals surface area contributed by atoms with Crippen LogP contribution < -0.4 is 10.6 Å². The third-order valence-electron chi connectivity index (χ3n) is 3.94. The number of amides is 2. The van der Waals surface area contributed by atoms with Crippen molar-refractivity contribution in [2.45, 2.75) is 45.6 Å². The molecule has 3 N–H and O–H groups in total. The summed E-state index contributed by atoms with van der Waals surface area (Å²) in [5.41, 5.74) is -0.551. The minimum absolute atomic E-state index is 0.0185. The molecule has 1 rings (SSSR count). The number of rotatable bonds is 7. The summed E-state index contributed by atoms with van der Waals surface area (Å²) in [4.78, 5) is 26.2. The molecular formula is C15H29N3O3. The highest BCUT2D eigenvalue weighted by Crippen LogP contribution is 2.20. The van der Waals surface area contributed by atoms with Crippen molar-refractivity contribution in [1.82, 2.24) is 15.5 Å². The lowest BCUT2D eigenvalue weighted by atomic mass is 9.93. The normalized spacial score (nSPS) is 16.9. The van der Waals surface area contributed by atoms with Crippen LogP contribution in [-0.4, -0.2) is 60.1 Å². The molecule has 2 amide bonds. The van der Waals surface area contributed by atoms with E-state index in [0.29, 0.717) is 38.9 Å². The molecule has 1 aliphatic heterocycles. The molecule has 0 unspecified atom stereocenters. The molecule has 1 saturated heterocycles. The minimum Gasteiger partial charge on any atom is -0.396 e. The third-order valence-corrected chi connectivity index (χ3v) is 3.94. The second-order valence-corrected chi connectivity index (χ2v) is 6.09. The number of nitrogens with one attached hydrogen (secondary N) is 2. The van der Waals surface area contributed by atoms with Crippen molar-refractivity contribution in [3.8, 4) is 0 Å². The smallest absolute Gasteiger partial charge is 0.242 e. The van der Waals surface area contributed by atoms with Gasteiger partial charge in [0.1, 0.15) is 0 Å². The lowest BCUT2D eigenvalue weighted by Crippen LogP contribution is -2.56. The maximum Gasteiger partial charge on any atom is 0.242 e.